The standard InChI is InChI=1S/C8H14N2S/c1-5-9-7-3-2-6(11)4-8(7)10-5/h6-8,11H,2-4H2,1H3,(H,9,10). The second-order valence-electron chi connectivity index (χ2n) is 3.50. The molecule has 0 aromatic rings. The highest BCUT2D eigenvalue weighted by molar-refractivity contribution is 7.80. The van der Waals surface area contributed by atoms with Crippen molar-refractivity contribution in [3.8, 4) is 0 Å². The Morgan fingerprint density at radius 1 is 1.55 bits per heavy atom. The largest absolute Gasteiger partial charge is 0.369 e. The summed E-state index contributed by atoms with van der Waals surface area (Å²) >= 11 is 4.48. The molecule has 1 aliphatic carbocycles. The summed E-state index contributed by atoms with van der Waals surface area (Å²) in [4.78, 5) is 4.52. The summed E-state index contributed by atoms with van der Waals surface area (Å²) in [5.41, 5.74) is 0. The molecule has 62 valence electrons. The van der Waals surface area contributed by atoms with Crippen molar-refractivity contribution >= 4 is 18.5 Å². The van der Waals surface area contributed by atoms with E-state index >= 15 is 0 Å². The average molecular weight is 170 g/mol. The van der Waals surface area contributed by atoms with Gasteiger partial charge in [-0.25, -0.2) is 0 Å². The van der Waals surface area contributed by atoms with Gasteiger partial charge in [-0.3, -0.25) is 4.99 Å². The second-order valence-corrected chi connectivity index (χ2v) is 4.23. The first-order valence-electron chi connectivity index (χ1n) is 4.25. The topological polar surface area (TPSA) is 24.4 Å². The number of nitrogens with one attached hydrogen (secondary N) is 1. The van der Waals surface area contributed by atoms with Crippen LogP contribution in [0.25, 0.3) is 0 Å². The molecular weight excluding hydrogens is 156 g/mol. The average Bonchev–Trinajstić information content (AvgIpc) is 2.27. The van der Waals surface area contributed by atoms with Crippen LogP contribution in [0.15, 0.2) is 4.99 Å². The lowest BCUT2D eigenvalue weighted by molar-refractivity contribution is 0.394. The van der Waals surface area contributed by atoms with Crippen LogP contribution in [0.5, 0.6) is 0 Å². The zero-order valence-corrected chi connectivity index (χ0v) is 7.64. The van der Waals surface area contributed by atoms with Crippen LogP contribution in [0.1, 0.15) is 26.2 Å². The predicted molar refractivity (Wildman–Crippen MR) is 50.4 cm³/mol. The lowest BCUT2D eigenvalue weighted by Crippen LogP contribution is -2.39. The third-order valence-electron chi connectivity index (χ3n) is 2.54. The fourth-order valence-corrected chi connectivity index (χ4v) is 2.37. The Hall–Kier alpha value is -0.180. The quantitative estimate of drug-likeness (QED) is 0.525. The van der Waals surface area contributed by atoms with Crippen LogP contribution < -0.4 is 5.32 Å². The van der Waals surface area contributed by atoms with Gasteiger partial charge in [0.15, 0.2) is 0 Å². The Bertz CT molecular complexity index is 191. The van der Waals surface area contributed by atoms with Crippen LogP contribution in [0, 0.1) is 0 Å². The van der Waals surface area contributed by atoms with Crippen molar-refractivity contribution in [3.63, 3.8) is 0 Å². The van der Waals surface area contributed by atoms with E-state index in [1.165, 1.54) is 19.3 Å². The Kier molecular flexibility index (Phi) is 1.83. The normalized spacial score (nSPS) is 42.7. The Labute approximate surface area is 72.9 Å². The third-order valence-corrected chi connectivity index (χ3v) is 3.01. The van der Waals surface area contributed by atoms with Crippen LogP contribution >= 0.6 is 12.6 Å². The first kappa shape index (κ1) is 7.47. The molecule has 1 heterocycles. The van der Waals surface area contributed by atoms with Gasteiger partial charge in [-0.1, -0.05) is 0 Å². The van der Waals surface area contributed by atoms with Gasteiger partial charge in [-0.15, -0.1) is 0 Å². The van der Waals surface area contributed by atoms with Gasteiger partial charge in [0.25, 0.3) is 0 Å². The molecule has 3 atom stereocenters. The van der Waals surface area contributed by atoms with Gasteiger partial charge in [-0.05, 0) is 26.2 Å². The number of amidine groups is 1. The number of rotatable bonds is 0. The summed E-state index contributed by atoms with van der Waals surface area (Å²) in [6.45, 7) is 2.05. The van der Waals surface area contributed by atoms with E-state index in [4.69, 9.17) is 0 Å². The molecule has 2 rings (SSSR count). The molecule has 3 heteroatoms. The minimum atomic E-state index is 0.554. The van der Waals surface area contributed by atoms with Gasteiger partial charge < -0.3 is 5.32 Å². The molecular formula is C8H14N2S. The van der Waals surface area contributed by atoms with Crippen LogP contribution in [0.3, 0.4) is 0 Å². The van der Waals surface area contributed by atoms with E-state index < -0.39 is 0 Å². The van der Waals surface area contributed by atoms with Crippen molar-refractivity contribution in [1.82, 2.24) is 5.32 Å². The lowest BCUT2D eigenvalue weighted by atomic mass is 9.91. The maximum Gasteiger partial charge on any atom is 0.0938 e. The first-order valence-corrected chi connectivity index (χ1v) is 4.76. The van der Waals surface area contributed by atoms with E-state index in [2.05, 4.69) is 22.9 Å². The molecule has 0 saturated heterocycles. The fraction of sp³-hybridized carbons (Fsp3) is 0.875. The molecule has 11 heavy (non-hydrogen) atoms. The number of hydrogen-bond acceptors (Lipinski definition) is 3. The summed E-state index contributed by atoms with van der Waals surface area (Å²) in [7, 11) is 0. The van der Waals surface area contributed by atoms with Crippen molar-refractivity contribution in [2.75, 3.05) is 0 Å². The van der Waals surface area contributed by atoms with Crippen LogP contribution in [-0.4, -0.2) is 23.2 Å². The molecule has 1 N–H and O–H groups in total. The highest BCUT2D eigenvalue weighted by atomic mass is 32.1. The van der Waals surface area contributed by atoms with Gasteiger partial charge in [0, 0.05) is 5.25 Å². The smallest absolute Gasteiger partial charge is 0.0938 e. The van der Waals surface area contributed by atoms with Gasteiger partial charge in [0.05, 0.1) is 17.9 Å². The maximum atomic E-state index is 4.52. The fourth-order valence-electron chi connectivity index (χ4n) is 2.00. The van der Waals surface area contributed by atoms with E-state index in [-0.39, 0.29) is 0 Å². The Morgan fingerprint density at radius 3 is 3.18 bits per heavy atom. The third kappa shape index (κ3) is 1.39. The van der Waals surface area contributed by atoms with E-state index in [0.29, 0.717) is 17.3 Å². The summed E-state index contributed by atoms with van der Waals surface area (Å²) < 4.78 is 0. The second kappa shape index (κ2) is 2.70. The van der Waals surface area contributed by atoms with Gasteiger partial charge in [-0.2, -0.15) is 12.6 Å². The Balaban J connectivity index is 2.03. The first-order chi connectivity index (χ1) is 5.25. The summed E-state index contributed by atoms with van der Waals surface area (Å²) in [6.07, 6.45) is 3.61. The van der Waals surface area contributed by atoms with Crippen molar-refractivity contribution in [2.24, 2.45) is 4.99 Å². The molecule has 0 aromatic heterocycles. The molecule has 0 aromatic carbocycles. The zero-order valence-electron chi connectivity index (χ0n) is 6.75. The summed E-state index contributed by atoms with van der Waals surface area (Å²) in [5.74, 6) is 1.11. The molecule has 0 spiro atoms. The molecule has 0 radical (unpaired) electrons. The highest BCUT2D eigenvalue weighted by Gasteiger charge is 2.32. The van der Waals surface area contributed by atoms with Crippen molar-refractivity contribution < 1.29 is 0 Å². The van der Waals surface area contributed by atoms with Gasteiger partial charge in [0.2, 0.25) is 0 Å². The minimum absolute atomic E-state index is 0.554. The molecule has 1 fully saturated rings. The van der Waals surface area contributed by atoms with Crippen molar-refractivity contribution in [1.29, 1.82) is 0 Å². The highest BCUT2D eigenvalue weighted by Crippen LogP contribution is 2.27. The SMILES string of the molecule is CC1=NC2CCC(S)CC2N1. The monoisotopic (exact) mass is 170 g/mol. The number of hydrogen-bond donors (Lipinski definition) is 2. The van der Waals surface area contributed by atoms with Crippen LogP contribution in [-0.2, 0) is 0 Å². The molecule has 1 saturated carbocycles. The number of thiol groups is 1. The van der Waals surface area contributed by atoms with Gasteiger partial charge >= 0.3 is 0 Å². The maximum absolute atomic E-state index is 4.52. The summed E-state index contributed by atoms with van der Waals surface area (Å²) in [5, 5.41) is 3.98. The van der Waals surface area contributed by atoms with Crippen LogP contribution in [0.4, 0.5) is 0 Å². The minimum Gasteiger partial charge on any atom is -0.369 e. The van der Waals surface area contributed by atoms with Crippen molar-refractivity contribution in [2.45, 2.75) is 43.5 Å². The lowest BCUT2D eigenvalue weighted by Gasteiger charge is -2.27. The van der Waals surface area contributed by atoms with Crippen molar-refractivity contribution in [3.05, 3.63) is 0 Å². The van der Waals surface area contributed by atoms with E-state index in [0.717, 1.165) is 5.84 Å². The van der Waals surface area contributed by atoms with Gasteiger partial charge in [0.1, 0.15) is 0 Å². The molecule has 3 unspecified atom stereocenters. The molecule has 0 amide bonds. The molecule has 2 nitrogen and oxygen atoms in total. The number of aliphatic imine (C=N–C) groups is 1. The van der Waals surface area contributed by atoms with E-state index in [1.807, 2.05) is 6.92 Å². The molecule has 1 aliphatic heterocycles. The zero-order chi connectivity index (χ0) is 7.84. The molecule has 0 bridgehead atoms. The van der Waals surface area contributed by atoms with Crippen LogP contribution in [0.2, 0.25) is 0 Å². The summed E-state index contributed by atoms with van der Waals surface area (Å²) in [6, 6.07) is 1.14. The van der Waals surface area contributed by atoms with E-state index in [9.17, 15) is 0 Å². The predicted octanol–water partition coefficient (Wildman–Crippen LogP) is 1.23. The number of fused-ring (bicyclic) bond motifs is 1. The molecule has 2 aliphatic rings. The Morgan fingerprint density at radius 2 is 2.36 bits per heavy atom. The van der Waals surface area contributed by atoms with E-state index in [1.54, 1.807) is 0 Å². The number of nitrogens with zero attached hydrogens (tertiary/aromatic N) is 1.